The van der Waals surface area contributed by atoms with E-state index in [4.69, 9.17) is 28.6 Å². The van der Waals surface area contributed by atoms with Gasteiger partial charge in [0.25, 0.3) is 5.91 Å². The summed E-state index contributed by atoms with van der Waals surface area (Å²) < 4.78 is 6.91. The Morgan fingerprint density at radius 2 is 2.04 bits per heavy atom. The molecule has 1 amide bonds. The standard InChI is InChI=1S/C19H18ClN5O2S/c1-27-14-7-5-13(6-8-14)12-21-19(28)24-23-17(26)10-9-15-18(20)22-16-4-2-3-11-25(15)16/h2-11H,12H2,1H3,(H,23,26)(H2,21,24,28)/b10-9+. The molecule has 7 nitrogen and oxygen atoms in total. The van der Waals surface area contributed by atoms with Crippen LogP contribution in [0.15, 0.2) is 54.7 Å². The third kappa shape index (κ3) is 4.99. The van der Waals surface area contributed by atoms with Gasteiger partial charge in [0.2, 0.25) is 0 Å². The Balaban J connectivity index is 1.48. The first-order valence-corrected chi connectivity index (χ1v) is 9.13. The van der Waals surface area contributed by atoms with E-state index in [-0.39, 0.29) is 5.91 Å². The molecule has 3 aromatic rings. The van der Waals surface area contributed by atoms with E-state index >= 15 is 0 Å². The largest absolute Gasteiger partial charge is 0.497 e. The molecule has 0 fully saturated rings. The van der Waals surface area contributed by atoms with Gasteiger partial charge in [-0.05, 0) is 48.1 Å². The number of hydrogen-bond acceptors (Lipinski definition) is 4. The van der Waals surface area contributed by atoms with E-state index in [1.165, 1.54) is 6.08 Å². The number of rotatable bonds is 5. The molecule has 0 unspecified atom stereocenters. The second-order valence-electron chi connectivity index (χ2n) is 5.70. The summed E-state index contributed by atoms with van der Waals surface area (Å²) in [4.78, 5) is 16.2. The van der Waals surface area contributed by atoms with Crippen molar-refractivity contribution < 1.29 is 9.53 Å². The molecule has 28 heavy (non-hydrogen) atoms. The number of nitrogens with one attached hydrogen (secondary N) is 3. The van der Waals surface area contributed by atoms with Crippen molar-refractivity contribution in [2.24, 2.45) is 0 Å². The van der Waals surface area contributed by atoms with Crippen LogP contribution in [0.25, 0.3) is 11.7 Å². The molecule has 3 rings (SSSR count). The van der Waals surface area contributed by atoms with Crippen molar-refractivity contribution in [2.75, 3.05) is 7.11 Å². The van der Waals surface area contributed by atoms with Crippen LogP contribution >= 0.6 is 23.8 Å². The van der Waals surface area contributed by atoms with Gasteiger partial charge >= 0.3 is 0 Å². The van der Waals surface area contributed by atoms with Crippen LogP contribution in [-0.4, -0.2) is 27.5 Å². The lowest BCUT2D eigenvalue weighted by atomic mass is 10.2. The quantitative estimate of drug-likeness (QED) is 0.338. The summed E-state index contributed by atoms with van der Waals surface area (Å²) in [5, 5.41) is 3.62. The van der Waals surface area contributed by atoms with Crippen molar-refractivity contribution >= 4 is 46.6 Å². The highest BCUT2D eigenvalue weighted by Gasteiger charge is 2.07. The van der Waals surface area contributed by atoms with Gasteiger partial charge in [-0.15, -0.1) is 0 Å². The summed E-state index contributed by atoms with van der Waals surface area (Å²) in [7, 11) is 1.62. The smallest absolute Gasteiger partial charge is 0.262 e. The summed E-state index contributed by atoms with van der Waals surface area (Å²) in [5.74, 6) is 0.408. The fraction of sp³-hybridized carbons (Fsp3) is 0.105. The number of carbonyl (C=O) groups is 1. The zero-order chi connectivity index (χ0) is 19.9. The van der Waals surface area contributed by atoms with E-state index in [1.54, 1.807) is 17.6 Å². The number of fused-ring (bicyclic) bond motifs is 1. The average molecular weight is 416 g/mol. The minimum atomic E-state index is -0.379. The number of aromatic nitrogens is 2. The zero-order valence-electron chi connectivity index (χ0n) is 15.0. The van der Waals surface area contributed by atoms with E-state index in [0.717, 1.165) is 11.3 Å². The number of amides is 1. The topological polar surface area (TPSA) is 79.7 Å². The number of imidazole rings is 1. The minimum absolute atomic E-state index is 0.297. The Kier molecular flexibility index (Phi) is 6.46. The number of ether oxygens (including phenoxy) is 1. The van der Waals surface area contributed by atoms with E-state index < -0.39 is 0 Å². The van der Waals surface area contributed by atoms with E-state index in [1.807, 2.05) is 48.7 Å². The molecule has 0 aliphatic rings. The molecular weight excluding hydrogens is 398 g/mol. The van der Waals surface area contributed by atoms with Crippen molar-refractivity contribution in [1.82, 2.24) is 25.6 Å². The van der Waals surface area contributed by atoms with E-state index in [2.05, 4.69) is 21.2 Å². The number of halogens is 1. The van der Waals surface area contributed by atoms with Crippen LogP contribution in [-0.2, 0) is 11.3 Å². The summed E-state index contributed by atoms with van der Waals surface area (Å²) in [6.45, 7) is 0.513. The maximum Gasteiger partial charge on any atom is 0.262 e. The highest BCUT2D eigenvalue weighted by molar-refractivity contribution is 7.80. The van der Waals surface area contributed by atoms with Crippen molar-refractivity contribution in [3.8, 4) is 5.75 Å². The number of pyridine rings is 1. The van der Waals surface area contributed by atoms with Gasteiger partial charge in [-0.25, -0.2) is 4.98 Å². The second kappa shape index (κ2) is 9.20. The first kappa shape index (κ1) is 19.7. The van der Waals surface area contributed by atoms with E-state index in [0.29, 0.717) is 28.2 Å². The second-order valence-corrected chi connectivity index (χ2v) is 6.46. The molecular formula is C19H18ClN5O2S. The van der Waals surface area contributed by atoms with Crippen molar-refractivity contribution in [3.05, 3.63) is 71.1 Å². The van der Waals surface area contributed by atoms with Gasteiger partial charge in [0.05, 0.1) is 12.8 Å². The molecule has 0 saturated carbocycles. The van der Waals surface area contributed by atoms with Crippen LogP contribution < -0.4 is 20.9 Å². The Morgan fingerprint density at radius 1 is 1.25 bits per heavy atom. The lowest BCUT2D eigenvalue weighted by molar-refractivity contribution is -0.116. The fourth-order valence-corrected chi connectivity index (χ4v) is 2.78. The minimum Gasteiger partial charge on any atom is -0.497 e. The lowest BCUT2D eigenvalue weighted by Crippen LogP contribution is -2.45. The van der Waals surface area contributed by atoms with Crippen LogP contribution in [0.1, 0.15) is 11.3 Å². The van der Waals surface area contributed by atoms with Crippen LogP contribution in [0, 0.1) is 0 Å². The number of hydrazine groups is 1. The summed E-state index contributed by atoms with van der Waals surface area (Å²) in [6.07, 6.45) is 4.76. The van der Waals surface area contributed by atoms with Crippen LogP contribution in [0.3, 0.4) is 0 Å². The maximum absolute atomic E-state index is 12.0. The molecule has 0 saturated heterocycles. The van der Waals surface area contributed by atoms with Gasteiger partial charge in [-0.3, -0.25) is 20.0 Å². The normalized spacial score (nSPS) is 10.8. The van der Waals surface area contributed by atoms with Gasteiger partial charge in [0.15, 0.2) is 10.3 Å². The molecule has 9 heteroatoms. The monoisotopic (exact) mass is 415 g/mol. The summed E-state index contributed by atoms with van der Waals surface area (Å²) in [5.41, 5.74) is 7.49. The SMILES string of the molecule is COc1ccc(CNC(=S)NNC(=O)/C=C/c2c(Cl)nc3ccccn23)cc1. The third-order valence-corrected chi connectivity index (χ3v) is 4.35. The lowest BCUT2D eigenvalue weighted by Gasteiger charge is -2.10. The number of thiocarbonyl (C=S) groups is 1. The summed E-state index contributed by atoms with van der Waals surface area (Å²) >= 11 is 11.3. The number of nitrogens with zero attached hydrogens (tertiary/aromatic N) is 2. The Labute approximate surface area is 172 Å². The Hall–Kier alpha value is -3.10. The Morgan fingerprint density at radius 3 is 2.79 bits per heavy atom. The molecule has 0 radical (unpaired) electrons. The van der Waals surface area contributed by atoms with Crippen LogP contribution in [0.4, 0.5) is 0 Å². The predicted molar refractivity (Wildman–Crippen MR) is 113 cm³/mol. The van der Waals surface area contributed by atoms with Gasteiger partial charge in [0.1, 0.15) is 11.4 Å². The molecule has 2 heterocycles. The van der Waals surface area contributed by atoms with Crippen LogP contribution in [0.5, 0.6) is 5.75 Å². The Bertz CT molecular complexity index is 1020. The summed E-state index contributed by atoms with van der Waals surface area (Å²) in [6, 6.07) is 13.1. The molecule has 3 N–H and O–H groups in total. The molecule has 2 aromatic heterocycles. The van der Waals surface area contributed by atoms with E-state index in [9.17, 15) is 4.79 Å². The number of carbonyl (C=O) groups excluding carboxylic acids is 1. The maximum atomic E-state index is 12.0. The number of hydrogen-bond donors (Lipinski definition) is 3. The first-order chi connectivity index (χ1) is 13.6. The van der Waals surface area contributed by atoms with Gasteiger partial charge in [-0.1, -0.05) is 29.8 Å². The molecule has 0 bridgehead atoms. The van der Waals surface area contributed by atoms with Crippen molar-refractivity contribution in [3.63, 3.8) is 0 Å². The third-order valence-electron chi connectivity index (χ3n) is 3.83. The van der Waals surface area contributed by atoms with Crippen LogP contribution in [0.2, 0.25) is 5.15 Å². The highest BCUT2D eigenvalue weighted by atomic mass is 35.5. The van der Waals surface area contributed by atoms with Gasteiger partial charge < -0.3 is 10.1 Å². The number of methoxy groups -OCH3 is 1. The molecule has 0 aliphatic carbocycles. The molecule has 1 aromatic carbocycles. The fourth-order valence-electron chi connectivity index (χ4n) is 2.42. The van der Waals surface area contributed by atoms with Crippen molar-refractivity contribution in [1.29, 1.82) is 0 Å². The van der Waals surface area contributed by atoms with Gasteiger partial charge in [0, 0.05) is 18.8 Å². The number of benzene rings is 1. The highest BCUT2D eigenvalue weighted by Crippen LogP contribution is 2.18. The molecule has 0 atom stereocenters. The molecule has 144 valence electrons. The predicted octanol–water partition coefficient (Wildman–Crippen LogP) is 2.71. The molecule has 0 aliphatic heterocycles. The zero-order valence-corrected chi connectivity index (χ0v) is 16.6. The first-order valence-electron chi connectivity index (χ1n) is 8.34. The molecule has 0 spiro atoms. The average Bonchev–Trinajstić information content (AvgIpc) is 3.04. The van der Waals surface area contributed by atoms with Gasteiger partial charge in [-0.2, -0.15) is 0 Å². The van der Waals surface area contributed by atoms with Crippen molar-refractivity contribution in [2.45, 2.75) is 6.54 Å².